The molecule has 0 saturated heterocycles. The van der Waals surface area contributed by atoms with Gasteiger partial charge in [0.25, 0.3) is 5.69 Å². The largest absolute Gasteiger partial charge is 0.506 e. The third-order valence-electron chi connectivity index (χ3n) is 2.41. The van der Waals surface area contributed by atoms with E-state index in [1.165, 1.54) is 12.3 Å². The highest BCUT2D eigenvalue weighted by Crippen LogP contribution is 2.34. The summed E-state index contributed by atoms with van der Waals surface area (Å²) in [6.07, 6.45) is 2.12. The minimum absolute atomic E-state index is 0.105. The molecular formula is C10H8N2O5S. The lowest BCUT2D eigenvalue weighted by atomic mass is 10.1. The van der Waals surface area contributed by atoms with Crippen LogP contribution in [0.25, 0.3) is 10.9 Å². The van der Waals surface area contributed by atoms with Crippen LogP contribution < -0.4 is 0 Å². The Morgan fingerprint density at radius 2 is 2.00 bits per heavy atom. The molecule has 1 aromatic carbocycles. The predicted octanol–water partition coefficient (Wildman–Crippen LogP) is 1.25. The number of fused-ring (bicyclic) bond motifs is 1. The van der Waals surface area contributed by atoms with Gasteiger partial charge in [-0.3, -0.25) is 15.1 Å². The lowest BCUT2D eigenvalue weighted by Gasteiger charge is -2.05. The van der Waals surface area contributed by atoms with Gasteiger partial charge < -0.3 is 5.11 Å². The SMILES string of the molecule is CS(=O)(=O)c1ccnc2c(O)ccc([N+](=O)[O-])c12. The average Bonchev–Trinajstić information content (AvgIpc) is 2.27. The Morgan fingerprint density at radius 1 is 1.33 bits per heavy atom. The average molecular weight is 268 g/mol. The van der Waals surface area contributed by atoms with Gasteiger partial charge >= 0.3 is 0 Å². The molecule has 2 rings (SSSR count). The molecule has 18 heavy (non-hydrogen) atoms. The molecular weight excluding hydrogens is 260 g/mol. The van der Waals surface area contributed by atoms with Gasteiger partial charge in [0.15, 0.2) is 9.84 Å². The lowest BCUT2D eigenvalue weighted by Crippen LogP contribution is -2.01. The van der Waals surface area contributed by atoms with Crippen molar-refractivity contribution in [2.45, 2.75) is 4.90 Å². The summed E-state index contributed by atoms with van der Waals surface area (Å²) in [6, 6.07) is 3.33. The number of non-ortho nitro benzene ring substituents is 1. The first-order valence-corrected chi connectivity index (χ1v) is 6.66. The number of hydrogen-bond acceptors (Lipinski definition) is 6. The summed E-state index contributed by atoms with van der Waals surface area (Å²) in [5.41, 5.74) is -0.511. The summed E-state index contributed by atoms with van der Waals surface area (Å²) in [4.78, 5) is 13.7. The summed E-state index contributed by atoms with van der Waals surface area (Å²) in [5, 5.41) is 20.3. The van der Waals surface area contributed by atoms with Crippen molar-refractivity contribution in [3.05, 3.63) is 34.5 Å². The molecule has 8 heteroatoms. The van der Waals surface area contributed by atoms with Gasteiger partial charge in [-0.05, 0) is 12.1 Å². The highest BCUT2D eigenvalue weighted by Gasteiger charge is 2.23. The Bertz CT molecular complexity index is 754. The van der Waals surface area contributed by atoms with E-state index in [0.29, 0.717) is 0 Å². The van der Waals surface area contributed by atoms with Crippen LogP contribution in [-0.4, -0.2) is 29.7 Å². The van der Waals surface area contributed by atoms with Crippen LogP contribution in [0.2, 0.25) is 0 Å². The van der Waals surface area contributed by atoms with E-state index in [9.17, 15) is 23.6 Å². The second-order valence-electron chi connectivity index (χ2n) is 3.67. The number of nitro groups is 1. The van der Waals surface area contributed by atoms with Crippen LogP contribution >= 0.6 is 0 Å². The van der Waals surface area contributed by atoms with Crippen LogP contribution in [0.3, 0.4) is 0 Å². The molecule has 1 N–H and O–H groups in total. The summed E-state index contributed by atoms with van der Waals surface area (Å²) >= 11 is 0. The predicted molar refractivity (Wildman–Crippen MR) is 63.2 cm³/mol. The van der Waals surface area contributed by atoms with Crippen LogP contribution in [0.15, 0.2) is 29.3 Å². The number of phenols is 1. The summed E-state index contributed by atoms with van der Waals surface area (Å²) in [5.74, 6) is -0.305. The molecule has 2 aromatic rings. The van der Waals surface area contributed by atoms with E-state index in [1.54, 1.807) is 0 Å². The summed E-state index contributed by atoms with van der Waals surface area (Å²) in [7, 11) is -3.66. The number of aromatic hydroxyl groups is 1. The van der Waals surface area contributed by atoms with Gasteiger partial charge in [-0.2, -0.15) is 0 Å². The third-order valence-corrected chi connectivity index (χ3v) is 3.55. The van der Waals surface area contributed by atoms with Gasteiger partial charge in [-0.1, -0.05) is 0 Å². The van der Waals surface area contributed by atoms with E-state index < -0.39 is 20.4 Å². The zero-order chi connectivity index (χ0) is 13.5. The number of benzene rings is 1. The van der Waals surface area contributed by atoms with Crippen molar-refractivity contribution < 1.29 is 18.4 Å². The van der Waals surface area contributed by atoms with Crippen molar-refractivity contribution in [1.82, 2.24) is 4.98 Å². The fraction of sp³-hybridized carbons (Fsp3) is 0.100. The molecule has 0 atom stereocenters. The Labute approximate surface area is 102 Å². The van der Waals surface area contributed by atoms with Crippen molar-refractivity contribution in [2.75, 3.05) is 6.26 Å². The molecule has 0 saturated carbocycles. The van der Waals surface area contributed by atoms with Gasteiger partial charge in [-0.25, -0.2) is 8.42 Å². The standard InChI is InChI=1S/C10H8N2O5S/c1-18(16,17)8-4-5-11-10-7(13)3-2-6(9(8)10)12(14)15/h2-5,13H,1H3. The molecule has 0 amide bonds. The van der Waals surface area contributed by atoms with Gasteiger partial charge in [0, 0.05) is 18.5 Å². The van der Waals surface area contributed by atoms with Crippen molar-refractivity contribution in [2.24, 2.45) is 0 Å². The normalized spacial score (nSPS) is 11.6. The molecule has 1 aromatic heterocycles. The Balaban J connectivity index is 3.07. The van der Waals surface area contributed by atoms with Gasteiger partial charge in [0.1, 0.15) is 16.7 Å². The maximum absolute atomic E-state index is 11.6. The van der Waals surface area contributed by atoms with Crippen LogP contribution in [-0.2, 0) is 9.84 Å². The first-order chi connectivity index (χ1) is 8.32. The molecule has 0 radical (unpaired) electrons. The Kier molecular flexibility index (Phi) is 2.66. The molecule has 1 heterocycles. The van der Waals surface area contributed by atoms with Crippen LogP contribution in [0.4, 0.5) is 5.69 Å². The molecule has 0 fully saturated rings. The Hall–Kier alpha value is -2.22. The smallest absolute Gasteiger partial charge is 0.280 e. The zero-order valence-corrected chi connectivity index (χ0v) is 10.0. The van der Waals surface area contributed by atoms with E-state index in [2.05, 4.69) is 4.98 Å². The highest BCUT2D eigenvalue weighted by atomic mass is 32.2. The molecule has 0 spiro atoms. The molecule has 0 aliphatic carbocycles. The van der Waals surface area contributed by atoms with Crippen LogP contribution in [0.5, 0.6) is 5.75 Å². The minimum atomic E-state index is -3.66. The zero-order valence-electron chi connectivity index (χ0n) is 9.19. The number of phenolic OH excluding ortho intramolecular Hbond substituents is 1. The number of hydrogen-bond donors (Lipinski definition) is 1. The molecule has 94 valence electrons. The van der Waals surface area contributed by atoms with Crippen molar-refractivity contribution in [1.29, 1.82) is 0 Å². The van der Waals surface area contributed by atoms with Crippen LogP contribution in [0, 0.1) is 10.1 Å². The van der Waals surface area contributed by atoms with E-state index in [1.807, 2.05) is 0 Å². The van der Waals surface area contributed by atoms with E-state index >= 15 is 0 Å². The second kappa shape index (κ2) is 3.91. The molecule has 7 nitrogen and oxygen atoms in total. The highest BCUT2D eigenvalue weighted by molar-refractivity contribution is 7.91. The number of sulfone groups is 1. The number of nitrogens with zero attached hydrogens (tertiary/aromatic N) is 2. The fourth-order valence-electron chi connectivity index (χ4n) is 1.67. The molecule has 0 aliphatic rings. The number of rotatable bonds is 2. The van der Waals surface area contributed by atoms with Crippen LogP contribution in [0.1, 0.15) is 0 Å². The maximum atomic E-state index is 11.6. The fourth-order valence-corrected chi connectivity index (χ4v) is 2.55. The van der Waals surface area contributed by atoms with Crippen molar-refractivity contribution in [3.8, 4) is 5.75 Å². The van der Waals surface area contributed by atoms with Gasteiger partial charge in [0.05, 0.1) is 9.82 Å². The van der Waals surface area contributed by atoms with Crippen molar-refractivity contribution >= 4 is 26.4 Å². The van der Waals surface area contributed by atoms with Gasteiger partial charge in [-0.15, -0.1) is 0 Å². The van der Waals surface area contributed by atoms with E-state index in [0.717, 1.165) is 18.4 Å². The Morgan fingerprint density at radius 3 is 2.56 bits per heavy atom. The molecule has 0 unspecified atom stereocenters. The van der Waals surface area contributed by atoms with Crippen molar-refractivity contribution in [3.63, 3.8) is 0 Å². The molecule has 0 aliphatic heterocycles. The number of pyridine rings is 1. The van der Waals surface area contributed by atoms with Gasteiger partial charge in [0.2, 0.25) is 0 Å². The monoisotopic (exact) mass is 268 g/mol. The lowest BCUT2D eigenvalue weighted by molar-refractivity contribution is -0.383. The summed E-state index contributed by atoms with van der Waals surface area (Å²) < 4.78 is 23.2. The van der Waals surface area contributed by atoms with E-state index in [4.69, 9.17) is 0 Å². The minimum Gasteiger partial charge on any atom is -0.506 e. The first-order valence-electron chi connectivity index (χ1n) is 4.77. The number of nitro benzene ring substituents is 1. The maximum Gasteiger partial charge on any atom is 0.280 e. The number of aromatic nitrogens is 1. The topological polar surface area (TPSA) is 110 Å². The first kappa shape index (κ1) is 12.2. The van der Waals surface area contributed by atoms with E-state index in [-0.39, 0.29) is 21.5 Å². The second-order valence-corrected chi connectivity index (χ2v) is 5.65. The third kappa shape index (κ3) is 1.86. The molecule has 0 bridgehead atoms. The quantitative estimate of drug-likeness (QED) is 0.648. The summed E-state index contributed by atoms with van der Waals surface area (Å²) in [6.45, 7) is 0.